The molecule has 2 aromatic rings. The predicted molar refractivity (Wildman–Crippen MR) is 91.7 cm³/mol. The van der Waals surface area contributed by atoms with E-state index in [1.165, 1.54) is 5.57 Å². The number of nitrogens with two attached hydrogens (primary N) is 1. The SMILES string of the molecule is CC1=NCC(C)=C1c1cc(N)nc(Nc2ccc(Cl)cc2)n1. The number of allylic oxidation sites excluding steroid dienone is 1. The molecule has 5 nitrogen and oxygen atoms in total. The van der Waals surface area contributed by atoms with Gasteiger partial charge in [0.25, 0.3) is 0 Å². The summed E-state index contributed by atoms with van der Waals surface area (Å²) < 4.78 is 0. The summed E-state index contributed by atoms with van der Waals surface area (Å²) in [6.45, 7) is 4.75. The van der Waals surface area contributed by atoms with E-state index in [0.717, 1.165) is 22.7 Å². The zero-order chi connectivity index (χ0) is 15.7. The van der Waals surface area contributed by atoms with E-state index in [9.17, 15) is 0 Å². The van der Waals surface area contributed by atoms with Crippen LogP contribution in [0.3, 0.4) is 0 Å². The van der Waals surface area contributed by atoms with E-state index in [4.69, 9.17) is 17.3 Å². The summed E-state index contributed by atoms with van der Waals surface area (Å²) in [5, 5.41) is 3.82. The third-order valence-electron chi connectivity index (χ3n) is 3.44. The van der Waals surface area contributed by atoms with Gasteiger partial charge in [0.05, 0.1) is 12.2 Å². The Morgan fingerprint density at radius 1 is 1.14 bits per heavy atom. The van der Waals surface area contributed by atoms with Gasteiger partial charge in [0.15, 0.2) is 0 Å². The molecule has 3 rings (SSSR count). The van der Waals surface area contributed by atoms with E-state index >= 15 is 0 Å². The zero-order valence-electron chi connectivity index (χ0n) is 12.4. The summed E-state index contributed by atoms with van der Waals surface area (Å²) in [4.78, 5) is 13.2. The average molecular weight is 314 g/mol. The Morgan fingerprint density at radius 2 is 1.86 bits per heavy atom. The Balaban J connectivity index is 1.95. The van der Waals surface area contributed by atoms with Crippen molar-refractivity contribution in [3.05, 3.63) is 46.6 Å². The van der Waals surface area contributed by atoms with Crippen molar-refractivity contribution in [2.75, 3.05) is 17.6 Å². The molecule has 0 atom stereocenters. The molecule has 0 amide bonds. The largest absolute Gasteiger partial charge is 0.384 e. The molecule has 2 heterocycles. The summed E-state index contributed by atoms with van der Waals surface area (Å²) in [5.41, 5.74) is 10.8. The Kier molecular flexibility index (Phi) is 3.81. The highest BCUT2D eigenvalue weighted by Crippen LogP contribution is 2.26. The van der Waals surface area contributed by atoms with Crippen molar-refractivity contribution in [1.82, 2.24) is 9.97 Å². The first-order chi connectivity index (χ1) is 10.5. The van der Waals surface area contributed by atoms with Crippen LogP contribution in [0.5, 0.6) is 0 Å². The van der Waals surface area contributed by atoms with Crippen molar-refractivity contribution < 1.29 is 0 Å². The first-order valence-electron chi connectivity index (χ1n) is 6.91. The highest BCUT2D eigenvalue weighted by atomic mass is 35.5. The van der Waals surface area contributed by atoms with Gasteiger partial charge in [0.2, 0.25) is 5.95 Å². The van der Waals surface area contributed by atoms with Crippen LogP contribution in [0.25, 0.3) is 5.57 Å². The molecule has 0 unspecified atom stereocenters. The van der Waals surface area contributed by atoms with E-state index in [0.29, 0.717) is 23.3 Å². The molecule has 0 saturated carbocycles. The van der Waals surface area contributed by atoms with Gasteiger partial charge in [-0.25, -0.2) is 4.98 Å². The van der Waals surface area contributed by atoms with Crippen LogP contribution in [0.1, 0.15) is 19.5 Å². The maximum Gasteiger partial charge on any atom is 0.229 e. The number of halogens is 1. The summed E-state index contributed by atoms with van der Waals surface area (Å²) in [7, 11) is 0. The predicted octanol–water partition coefficient (Wildman–Crippen LogP) is 3.70. The first-order valence-corrected chi connectivity index (χ1v) is 7.29. The normalized spacial score (nSPS) is 14.2. The second-order valence-electron chi connectivity index (χ2n) is 5.19. The number of benzene rings is 1. The summed E-state index contributed by atoms with van der Waals surface area (Å²) in [6.07, 6.45) is 0. The molecular formula is C16H16ClN5. The van der Waals surface area contributed by atoms with E-state index in [2.05, 4.69) is 27.2 Å². The summed E-state index contributed by atoms with van der Waals surface area (Å²) >= 11 is 5.88. The topological polar surface area (TPSA) is 76.2 Å². The minimum Gasteiger partial charge on any atom is -0.384 e. The Hall–Kier alpha value is -2.40. The fourth-order valence-corrected chi connectivity index (χ4v) is 2.55. The third kappa shape index (κ3) is 2.94. The average Bonchev–Trinajstić information content (AvgIpc) is 2.80. The molecule has 1 aliphatic heterocycles. The number of nitrogens with zero attached hydrogens (tertiary/aromatic N) is 3. The number of rotatable bonds is 3. The molecule has 1 aromatic carbocycles. The van der Waals surface area contributed by atoms with Gasteiger partial charge in [-0.3, -0.25) is 4.99 Å². The van der Waals surface area contributed by atoms with Crippen molar-refractivity contribution >= 4 is 40.3 Å². The monoisotopic (exact) mass is 313 g/mol. The van der Waals surface area contributed by atoms with Crippen molar-refractivity contribution in [3.8, 4) is 0 Å². The minimum atomic E-state index is 0.418. The second kappa shape index (κ2) is 5.77. The van der Waals surface area contributed by atoms with Crippen molar-refractivity contribution in [3.63, 3.8) is 0 Å². The van der Waals surface area contributed by atoms with Crippen LogP contribution in [0.4, 0.5) is 17.5 Å². The highest BCUT2D eigenvalue weighted by molar-refractivity contribution is 6.30. The van der Waals surface area contributed by atoms with Gasteiger partial charge in [-0.15, -0.1) is 0 Å². The van der Waals surface area contributed by atoms with Crippen molar-refractivity contribution in [2.45, 2.75) is 13.8 Å². The number of anilines is 3. The molecule has 3 N–H and O–H groups in total. The van der Waals surface area contributed by atoms with Crippen LogP contribution in [0, 0.1) is 0 Å². The van der Waals surface area contributed by atoms with Crippen LogP contribution in [0.2, 0.25) is 5.02 Å². The number of hydrogen-bond donors (Lipinski definition) is 2. The lowest BCUT2D eigenvalue weighted by atomic mass is 10.0. The number of aliphatic imine (C=N–C) groups is 1. The van der Waals surface area contributed by atoms with Crippen LogP contribution in [0.15, 0.2) is 40.9 Å². The number of aromatic nitrogens is 2. The Labute approximate surface area is 134 Å². The summed E-state index contributed by atoms with van der Waals surface area (Å²) in [6, 6.07) is 9.11. The molecule has 0 bridgehead atoms. The molecule has 112 valence electrons. The van der Waals surface area contributed by atoms with E-state index in [1.807, 2.05) is 19.1 Å². The quantitative estimate of drug-likeness (QED) is 0.905. The fourth-order valence-electron chi connectivity index (χ4n) is 2.42. The molecule has 0 radical (unpaired) electrons. The molecule has 0 aliphatic carbocycles. The van der Waals surface area contributed by atoms with Crippen LogP contribution in [-0.4, -0.2) is 22.2 Å². The molecule has 0 fully saturated rings. The number of nitrogens with one attached hydrogen (secondary N) is 1. The van der Waals surface area contributed by atoms with Crippen molar-refractivity contribution in [1.29, 1.82) is 0 Å². The molecule has 22 heavy (non-hydrogen) atoms. The lowest BCUT2D eigenvalue weighted by molar-refractivity contribution is 1.14. The Morgan fingerprint density at radius 3 is 2.50 bits per heavy atom. The maximum atomic E-state index is 5.92. The van der Waals surface area contributed by atoms with Gasteiger partial charge < -0.3 is 11.1 Å². The molecule has 0 saturated heterocycles. The van der Waals surface area contributed by atoms with E-state index in [1.54, 1.807) is 18.2 Å². The molecule has 6 heteroatoms. The smallest absolute Gasteiger partial charge is 0.229 e. The van der Waals surface area contributed by atoms with Crippen molar-refractivity contribution in [2.24, 2.45) is 4.99 Å². The van der Waals surface area contributed by atoms with Gasteiger partial charge in [0, 0.05) is 28.1 Å². The van der Waals surface area contributed by atoms with Gasteiger partial charge in [-0.05, 0) is 43.7 Å². The molecule has 1 aliphatic rings. The van der Waals surface area contributed by atoms with E-state index in [-0.39, 0.29) is 0 Å². The van der Waals surface area contributed by atoms with Gasteiger partial charge in [-0.2, -0.15) is 4.98 Å². The lowest BCUT2D eigenvalue weighted by Crippen LogP contribution is -2.05. The van der Waals surface area contributed by atoms with Gasteiger partial charge in [0.1, 0.15) is 5.82 Å². The second-order valence-corrected chi connectivity index (χ2v) is 5.63. The molecule has 1 aromatic heterocycles. The zero-order valence-corrected chi connectivity index (χ0v) is 13.1. The molecular weight excluding hydrogens is 298 g/mol. The fraction of sp³-hybridized carbons (Fsp3) is 0.188. The highest BCUT2D eigenvalue weighted by Gasteiger charge is 2.17. The third-order valence-corrected chi connectivity index (χ3v) is 3.70. The number of nitrogen functional groups attached to an aromatic ring is 1. The van der Waals surface area contributed by atoms with E-state index < -0.39 is 0 Å². The minimum absolute atomic E-state index is 0.418. The standard InChI is InChI=1S/C16H16ClN5/c1-9-8-19-10(2)15(9)13-7-14(18)22-16(21-13)20-12-5-3-11(17)4-6-12/h3-7H,8H2,1-2H3,(H3,18,20,21,22). The molecule has 0 spiro atoms. The van der Waals surface area contributed by atoms with Crippen LogP contribution < -0.4 is 11.1 Å². The number of hydrogen-bond acceptors (Lipinski definition) is 5. The van der Waals surface area contributed by atoms with Crippen LogP contribution >= 0.6 is 11.6 Å². The first kappa shape index (κ1) is 14.5. The van der Waals surface area contributed by atoms with Crippen LogP contribution in [-0.2, 0) is 0 Å². The summed E-state index contributed by atoms with van der Waals surface area (Å²) in [5.74, 6) is 0.874. The van der Waals surface area contributed by atoms with Gasteiger partial charge in [-0.1, -0.05) is 11.6 Å². The maximum absolute atomic E-state index is 5.92. The lowest BCUT2D eigenvalue weighted by Gasteiger charge is -2.10. The van der Waals surface area contributed by atoms with Gasteiger partial charge >= 0.3 is 0 Å². The Bertz CT molecular complexity index is 778.